The largest absolute Gasteiger partial charge is 0.355 e. The van der Waals surface area contributed by atoms with Crippen LogP contribution in [0.1, 0.15) is 44.5 Å². The molecule has 0 aliphatic heterocycles. The fourth-order valence-electron chi connectivity index (χ4n) is 9.27. The van der Waals surface area contributed by atoms with Crippen molar-refractivity contribution in [3.05, 3.63) is 251 Å². The highest BCUT2D eigenvalue weighted by atomic mass is 14.9. The van der Waals surface area contributed by atoms with Crippen LogP contribution < -0.4 is 5.32 Å². The summed E-state index contributed by atoms with van der Waals surface area (Å²) in [6.07, 6.45) is 0. The van der Waals surface area contributed by atoms with Crippen LogP contribution in [0.3, 0.4) is 0 Å². The van der Waals surface area contributed by atoms with Gasteiger partial charge >= 0.3 is 0 Å². The van der Waals surface area contributed by atoms with E-state index in [9.17, 15) is 0 Å². The molecule has 0 bridgehead atoms. The lowest BCUT2D eigenvalue weighted by Crippen LogP contribution is -2.28. The minimum Gasteiger partial charge on any atom is -0.355 e. The SMILES string of the molecule is c1ccc(C2(c3ccc(Nc4cccc5c4-c4ccccc4C5(c4ccccc4)c4ccccc4)cc3)c3ccccc3-c3ccccc32)cc1. The van der Waals surface area contributed by atoms with E-state index >= 15 is 0 Å². The summed E-state index contributed by atoms with van der Waals surface area (Å²) in [7, 11) is 0. The summed E-state index contributed by atoms with van der Waals surface area (Å²) in [5, 5.41) is 3.89. The first-order valence-electron chi connectivity index (χ1n) is 17.8. The van der Waals surface area contributed by atoms with Crippen molar-refractivity contribution in [2.45, 2.75) is 10.8 Å². The molecule has 0 atom stereocenters. The highest BCUT2D eigenvalue weighted by molar-refractivity contribution is 5.94. The van der Waals surface area contributed by atoms with E-state index in [1.807, 2.05) is 0 Å². The quantitative estimate of drug-likeness (QED) is 0.189. The summed E-state index contributed by atoms with van der Waals surface area (Å²) in [4.78, 5) is 0. The summed E-state index contributed by atoms with van der Waals surface area (Å²) in [6, 6.07) is 75.6. The maximum absolute atomic E-state index is 3.89. The van der Waals surface area contributed by atoms with Gasteiger partial charge in [-0.1, -0.05) is 188 Å². The van der Waals surface area contributed by atoms with Crippen molar-refractivity contribution in [3.8, 4) is 22.3 Å². The van der Waals surface area contributed by atoms with Crippen molar-refractivity contribution in [1.82, 2.24) is 0 Å². The van der Waals surface area contributed by atoms with E-state index in [-0.39, 0.29) is 0 Å². The summed E-state index contributed by atoms with van der Waals surface area (Å²) < 4.78 is 0. The lowest BCUT2D eigenvalue weighted by Gasteiger charge is -2.34. The second-order valence-electron chi connectivity index (χ2n) is 13.7. The van der Waals surface area contributed by atoms with E-state index in [1.54, 1.807) is 0 Å². The number of nitrogens with one attached hydrogen (secondary N) is 1. The van der Waals surface area contributed by atoms with Crippen molar-refractivity contribution in [2.24, 2.45) is 0 Å². The van der Waals surface area contributed by atoms with Gasteiger partial charge in [0.1, 0.15) is 0 Å². The molecule has 0 saturated carbocycles. The molecule has 10 rings (SSSR count). The molecule has 8 aromatic rings. The number of fused-ring (bicyclic) bond motifs is 6. The summed E-state index contributed by atoms with van der Waals surface area (Å²) in [5.41, 5.74) is 16.8. The molecule has 2 aliphatic rings. The first kappa shape index (κ1) is 29.5. The molecule has 0 spiro atoms. The summed E-state index contributed by atoms with van der Waals surface area (Å²) >= 11 is 0. The Morgan fingerprint density at radius 2 is 0.647 bits per heavy atom. The zero-order valence-electron chi connectivity index (χ0n) is 28.1. The third-order valence-corrected chi connectivity index (χ3v) is 11.2. The van der Waals surface area contributed by atoms with Gasteiger partial charge < -0.3 is 5.32 Å². The second kappa shape index (κ2) is 11.6. The third-order valence-electron chi connectivity index (χ3n) is 11.2. The third kappa shape index (κ3) is 4.16. The van der Waals surface area contributed by atoms with E-state index < -0.39 is 10.8 Å². The highest BCUT2D eigenvalue weighted by Gasteiger charge is 2.47. The Kier molecular flexibility index (Phi) is 6.69. The van der Waals surface area contributed by atoms with Gasteiger partial charge in [-0.25, -0.2) is 0 Å². The molecule has 0 amide bonds. The number of hydrogen-bond donors (Lipinski definition) is 1. The topological polar surface area (TPSA) is 12.0 Å². The average molecular weight is 650 g/mol. The molecule has 0 aromatic heterocycles. The van der Waals surface area contributed by atoms with E-state index in [4.69, 9.17) is 0 Å². The molecule has 2 aliphatic carbocycles. The fourth-order valence-corrected chi connectivity index (χ4v) is 9.27. The minimum absolute atomic E-state index is 0.412. The molecule has 0 heterocycles. The lowest BCUT2D eigenvalue weighted by atomic mass is 9.67. The van der Waals surface area contributed by atoms with Gasteiger partial charge in [0.25, 0.3) is 0 Å². The lowest BCUT2D eigenvalue weighted by molar-refractivity contribution is 0.768. The first-order valence-corrected chi connectivity index (χ1v) is 17.8. The monoisotopic (exact) mass is 649 g/mol. The molecule has 1 N–H and O–H groups in total. The van der Waals surface area contributed by atoms with Gasteiger partial charge in [-0.05, 0) is 79.4 Å². The zero-order chi connectivity index (χ0) is 33.8. The number of hydrogen-bond acceptors (Lipinski definition) is 1. The normalized spacial score (nSPS) is 14.2. The van der Waals surface area contributed by atoms with E-state index in [1.165, 1.54) is 66.8 Å². The molecule has 1 nitrogen and oxygen atoms in total. The van der Waals surface area contributed by atoms with Gasteiger partial charge in [-0.3, -0.25) is 0 Å². The van der Waals surface area contributed by atoms with Crippen molar-refractivity contribution in [1.29, 1.82) is 0 Å². The summed E-state index contributed by atoms with van der Waals surface area (Å²) in [6.45, 7) is 0. The van der Waals surface area contributed by atoms with Crippen LogP contribution in [0.25, 0.3) is 22.3 Å². The number of rotatable bonds is 6. The smallest absolute Gasteiger partial charge is 0.0714 e. The average Bonchev–Trinajstić information content (AvgIpc) is 3.69. The Morgan fingerprint density at radius 3 is 1.16 bits per heavy atom. The predicted octanol–water partition coefficient (Wildman–Crippen LogP) is 12.2. The van der Waals surface area contributed by atoms with Gasteiger partial charge in [-0.2, -0.15) is 0 Å². The highest BCUT2D eigenvalue weighted by Crippen LogP contribution is 2.59. The standard InChI is InChI=1S/C50H35N/c1-4-17-35(18-5-1)49(43-26-13-10-23-40(43)41-24-11-14-27-44(41)49)38-31-33-39(34-32-38)51-47-30-16-29-46-48(47)42-25-12-15-28-45(42)50(46,36-19-6-2-7-20-36)37-21-8-3-9-22-37/h1-34,51H. The van der Waals surface area contributed by atoms with Gasteiger partial charge in [0.2, 0.25) is 0 Å². The van der Waals surface area contributed by atoms with Crippen LogP contribution in [0.15, 0.2) is 206 Å². The number of benzene rings is 8. The van der Waals surface area contributed by atoms with Crippen LogP contribution in [0.4, 0.5) is 11.4 Å². The molecular weight excluding hydrogens is 615 g/mol. The zero-order valence-corrected chi connectivity index (χ0v) is 28.1. The Labute approximate surface area is 299 Å². The van der Waals surface area contributed by atoms with Gasteiger partial charge in [0.15, 0.2) is 0 Å². The molecule has 0 fully saturated rings. The Morgan fingerprint density at radius 1 is 0.275 bits per heavy atom. The minimum atomic E-state index is -0.429. The van der Waals surface area contributed by atoms with Crippen LogP contribution in [-0.4, -0.2) is 0 Å². The second-order valence-corrected chi connectivity index (χ2v) is 13.7. The van der Waals surface area contributed by atoms with Crippen LogP contribution in [0.2, 0.25) is 0 Å². The molecule has 0 radical (unpaired) electrons. The van der Waals surface area contributed by atoms with Crippen molar-refractivity contribution in [3.63, 3.8) is 0 Å². The van der Waals surface area contributed by atoms with Crippen molar-refractivity contribution in [2.75, 3.05) is 5.32 Å². The van der Waals surface area contributed by atoms with Crippen LogP contribution in [-0.2, 0) is 10.8 Å². The van der Waals surface area contributed by atoms with Crippen LogP contribution >= 0.6 is 0 Å². The van der Waals surface area contributed by atoms with Gasteiger partial charge in [0.05, 0.1) is 10.8 Å². The van der Waals surface area contributed by atoms with E-state index in [2.05, 4.69) is 212 Å². The maximum Gasteiger partial charge on any atom is 0.0714 e. The molecule has 240 valence electrons. The number of anilines is 2. The molecule has 51 heavy (non-hydrogen) atoms. The molecular formula is C50H35N. The van der Waals surface area contributed by atoms with E-state index in [0.29, 0.717) is 0 Å². The Bertz CT molecular complexity index is 2450. The van der Waals surface area contributed by atoms with Crippen LogP contribution in [0, 0.1) is 0 Å². The Balaban J connectivity index is 1.13. The molecule has 0 saturated heterocycles. The first-order chi connectivity index (χ1) is 25.3. The van der Waals surface area contributed by atoms with Crippen LogP contribution in [0.5, 0.6) is 0 Å². The Hall–Kier alpha value is -6.44. The molecule has 0 unspecified atom stereocenters. The van der Waals surface area contributed by atoms with Crippen molar-refractivity contribution < 1.29 is 0 Å². The molecule has 8 aromatic carbocycles. The van der Waals surface area contributed by atoms with E-state index in [0.717, 1.165) is 11.4 Å². The summed E-state index contributed by atoms with van der Waals surface area (Å²) in [5.74, 6) is 0. The maximum atomic E-state index is 3.89. The predicted molar refractivity (Wildman–Crippen MR) is 211 cm³/mol. The fraction of sp³-hybridized carbons (Fsp3) is 0.0400. The van der Waals surface area contributed by atoms with Gasteiger partial charge in [0, 0.05) is 16.9 Å². The van der Waals surface area contributed by atoms with Gasteiger partial charge in [-0.15, -0.1) is 0 Å². The van der Waals surface area contributed by atoms with Crippen molar-refractivity contribution >= 4 is 11.4 Å². The molecule has 1 heteroatoms.